The molecule has 78 valence electrons. The lowest BCUT2D eigenvalue weighted by atomic mass is 10.1. The first-order valence-electron chi connectivity index (χ1n) is 5.13. The van der Waals surface area contributed by atoms with Crippen molar-refractivity contribution in [3.8, 4) is 0 Å². The summed E-state index contributed by atoms with van der Waals surface area (Å²) in [7, 11) is 0. The highest BCUT2D eigenvalue weighted by Gasteiger charge is 2.17. The van der Waals surface area contributed by atoms with Crippen LogP contribution in [0.1, 0.15) is 30.1 Å². The van der Waals surface area contributed by atoms with Crippen LogP contribution in [-0.2, 0) is 11.3 Å². The zero-order valence-corrected chi connectivity index (χ0v) is 8.57. The Morgan fingerprint density at radius 1 is 1.57 bits per heavy atom. The van der Waals surface area contributed by atoms with Gasteiger partial charge in [0, 0.05) is 31.5 Å². The molecule has 0 bridgehead atoms. The van der Waals surface area contributed by atoms with E-state index in [1.54, 1.807) is 0 Å². The molecule has 4 nitrogen and oxygen atoms in total. The van der Waals surface area contributed by atoms with Crippen LogP contribution in [0.3, 0.4) is 0 Å². The minimum absolute atomic E-state index is 0.503. The number of nitrogens with two attached hydrogens (primary N) is 1. The molecule has 1 aliphatic rings. The van der Waals surface area contributed by atoms with Gasteiger partial charge in [0.2, 0.25) is 0 Å². The van der Waals surface area contributed by atoms with Gasteiger partial charge < -0.3 is 10.5 Å². The predicted molar refractivity (Wildman–Crippen MR) is 53.9 cm³/mol. The lowest BCUT2D eigenvalue weighted by molar-refractivity contribution is 0.0661. The van der Waals surface area contributed by atoms with Crippen molar-refractivity contribution < 1.29 is 4.74 Å². The van der Waals surface area contributed by atoms with Crippen molar-refractivity contribution in [1.82, 2.24) is 9.78 Å². The molecule has 0 unspecified atom stereocenters. The number of hydrogen-bond acceptors (Lipinski definition) is 3. The van der Waals surface area contributed by atoms with Crippen LogP contribution in [0.15, 0.2) is 6.20 Å². The van der Waals surface area contributed by atoms with Gasteiger partial charge in [-0.2, -0.15) is 5.10 Å². The molecule has 1 saturated heterocycles. The Labute approximate surface area is 84.0 Å². The summed E-state index contributed by atoms with van der Waals surface area (Å²) in [6.45, 7) is 4.29. The second-order valence-corrected chi connectivity index (χ2v) is 3.77. The molecule has 0 aliphatic carbocycles. The van der Waals surface area contributed by atoms with E-state index in [0.29, 0.717) is 12.6 Å². The summed E-state index contributed by atoms with van der Waals surface area (Å²) >= 11 is 0. The highest BCUT2D eigenvalue weighted by molar-refractivity contribution is 5.15. The second kappa shape index (κ2) is 4.11. The van der Waals surface area contributed by atoms with Crippen molar-refractivity contribution in [2.24, 2.45) is 5.73 Å². The lowest BCUT2D eigenvalue weighted by Crippen LogP contribution is -2.20. The van der Waals surface area contributed by atoms with Gasteiger partial charge in [-0.25, -0.2) is 0 Å². The van der Waals surface area contributed by atoms with E-state index >= 15 is 0 Å². The average Bonchev–Trinajstić information content (AvgIpc) is 2.61. The van der Waals surface area contributed by atoms with Gasteiger partial charge in [0.25, 0.3) is 0 Å². The van der Waals surface area contributed by atoms with E-state index in [-0.39, 0.29) is 0 Å². The van der Waals surface area contributed by atoms with Gasteiger partial charge in [-0.1, -0.05) is 0 Å². The lowest BCUT2D eigenvalue weighted by Gasteiger charge is -2.22. The number of ether oxygens (including phenoxy) is 1. The maximum absolute atomic E-state index is 5.62. The Bertz CT molecular complexity index is 302. The van der Waals surface area contributed by atoms with Crippen LogP contribution < -0.4 is 5.73 Å². The fourth-order valence-electron chi connectivity index (χ4n) is 1.86. The Morgan fingerprint density at radius 3 is 2.86 bits per heavy atom. The van der Waals surface area contributed by atoms with Crippen molar-refractivity contribution in [3.63, 3.8) is 0 Å². The molecule has 0 radical (unpaired) electrons. The van der Waals surface area contributed by atoms with Crippen LogP contribution in [0.25, 0.3) is 0 Å². The van der Waals surface area contributed by atoms with E-state index in [0.717, 1.165) is 37.3 Å². The number of rotatable bonds is 2. The van der Waals surface area contributed by atoms with Gasteiger partial charge in [-0.05, 0) is 19.8 Å². The largest absolute Gasteiger partial charge is 0.381 e. The molecule has 0 spiro atoms. The summed E-state index contributed by atoms with van der Waals surface area (Å²) in [5.41, 5.74) is 7.82. The smallest absolute Gasteiger partial charge is 0.0638 e. The highest BCUT2D eigenvalue weighted by atomic mass is 16.5. The Balaban J connectivity index is 2.14. The van der Waals surface area contributed by atoms with Crippen molar-refractivity contribution in [3.05, 3.63) is 17.5 Å². The minimum Gasteiger partial charge on any atom is -0.381 e. The summed E-state index contributed by atoms with van der Waals surface area (Å²) in [5.74, 6) is 0. The topological polar surface area (TPSA) is 53.1 Å². The van der Waals surface area contributed by atoms with Gasteiger partial charge in [0.05, 0.1) is 11.7 Å². The van der Waals surface area contributed by atoms with Gasteiger partial charge in [-0.3, -0.25) is 4.68 Å². The molecule has 1 aromatic heterocycles. The molecule has 0 aromatic carbocycles. The first-order valence-corrected chi connectivity index (χ1v) is 5.13. The number of hydrogen-bond donors (Lipinski definition) is 1. The van der Waals surface area contributed by atoms with E-state index in [1.165, 1.54) is 0 Å². The highest BCUT2D eigenvalue weighted by Crippen LogP contribution is 2.21. The van der Waals surface area contributed by atoms with Crippen LogP contribution in [0, 0.1) is 6.92 Å². The molecule has 14 heavy (non-hydrogen) atoms. The van der Waals surface area contributed by atoms with E-state index in [1.807, 2.05) is 6.92 Å². The second-order valence-electron chi connectivity index (χ2n) is 3.77. The van der Waals surface area contributed by atoms with E-state index in [4.69, 9.17) is 10.5 Å². The van der Waals surface area contributed by atoms with Crippen molar-refractivity contribution in [1.29, 1.82) is 0 Å². The molecule has 1 fully saturated rings. The summed E-state index contributed by atoms with van der Waals surface area (Å²) in [4.78, 5) is 0. The zero-order chi connectivity index (χ0) is 9.97. The van der Waals surface area contributed by atoms with E-state index < -0.39 is 0 Å². The van der Waals surface area contributed by atoms with Crippen LogP contribution >= 0.6 is 0 Å². The number of aryl methyl sites for hydroxylation is 1. The molecule has 0 saturated carbocycles. The van der Waals surface area contributed by atoms with Gasteiger partial charge in [0.15, 0.2) is 0 Å². The molecule has 1 aromatic rings. The summed E-state index contributed by atoms with van der Waals surface area (Å²) in [6.07, 6.45) is 4.20. The first kappa shape index (κ1) is 9.68. The molecular formula is C10H17N3O. The van der Waals surface area contributed by atoms with Crippen molar-refractivity contribution in [2.75, 3.05) is 13.2 Å². The third kappa shape index (κ3) is 1.81. The van der Waals surface area contributed by atoms with Crippen molar-refractivity contribution >= 4 is 0 Å². The fraction of sp³-hybridized carbons (Fsp3) is 0.700. The van der Waals surface area contributed by atoms with Crippen LogP contribution in [0.2, 0.25) is 0 Å². The Kier molecular flexibility index (Phi) is 2.84. The van der Waals surface area contributed by atoms with E-state index in [9.17, 15) is 0 Å². The Hall–Kier alpha value is -0.870. The standard InChI is InChI=1S/C10H17N3O/c1-8-9(6-11)7-13(12-8)10-2-4-14-5-3-10/h7,10H,2-6,11H2,1H3. The Morgan fingerprint density at radius 2 is 2.29 bits per heavy atom. The maximum Gasteiger partial charge on any atom is 0.0638 e. The summed E-state index contributed by atoms with van der Waals surface area (Å²) in [6, 6.07) is 0.503. The molecule has 2 rings (SSSR count). The molecule has 1 aliphatic heterocycles. The van der Waals surface area contributed by atoms with Crippen LogP contribution in [0.4, 0.5) is 0 Å². The average molecular weight is 195 g/mol. The van der Waals surface area contributed by atoms with Gasteiger partial charge in [0.1, 0.15) is 0 Å². The van der Waals surface area contributed by atoms with Crippen LogP contribution in [-0.4, -0.2) is 23.0 Å². The SMILES string of the molecule is Cc1nn(C2CCOCC2)cc1CN. The molecule has 0 amide bonds. The summed E-state index contributed by atoms with van der Waals surface area (Å²) < 4.78 is 7.37. The van der Waals surface area contributed by atoms with Gasteiger partial charge in [-0.15, -0.1) is 0 Å². The third-order valence-electron chi connectivity index (χ3n) is 2.80. The van der Waals surface area contributed by atoms with Gasteiger partial charge >= 0.3 is 0 Å². The number of nitrogens with zero attached hydrogens (tertiary/aromatic N) is 2. The number of aromatic nitrogens is 2. The zero-order valence-electron chi connectivity index (χ0n) is 8.57. The van der Waals surface area contributed by atoms with Crippen molar-refractivity contribution in [2.45, 2.75) is 32.4 Å². The monoisotopic (exact) mass is 195 g/mol. The van der Waals surface area contributed by atoms with E-state index in [2.05, 4.69) is 16.0 Å². The third-order valence-corrected chi connectivity index (χ3v) is 2.80. The first-order chi connectivity index (χ1) is 6.81. The van der Waals surface area contributed by atoms with Crippen LogP contribution in [0.5, 0.6) is 0 Å². The maximum atomic E-state index is 5.62. The molecule has 0 atom stereocenters. The quantitative estimate of drug-likeness (QED) is 0.766. The minimum atomic E-state index is 0.503. The molecule has 4 heteroatoms. The summed E-state index contributed by atoms with van der Waals surface area (Å²) in [5, 5.41) is 4.49. The molecule has 2 heterocycles. The fourth-order valence-corrected chi connectivity index (χ4v) is 1.86. The molecular weight excluding hydrogens is 178 g/mol. The normalized spacial score (nSPS) is 18.7. The predicted octanol–water partition coefficient (Wildman–Crippen LogP) is 1.00. The molecule has 2 N–H and O–H groups in total.